The van der Waals surface area contributed by atoms with Gasteiger partial charge in [0.15, 0.2) is 5.78 Å². The van der Waals surface area contributed by atoms with Crippen LogP contribution in [0.15, 0.2) is 43.0 Å². The van der Waals surface area contributed by atoms with Crippen molar-refractivity contribution in [2.45, 2.75) is 64.8 Å². The Morgan fingerprint density at radius 2 is 2.00 bits per heavy atom. The van der Waals surface area contributed by atoms with Gasteiger partial charge in [-0.15, -0.1) is 6.58 Å². The van der Waals surface area contributed by atoms with Crippen molar-refractivity contribution in [2.24, 2.45) is 34.5 Å². The van der Waals surface area contributed by atoms with E-state index in [4.69, 9.17) is 4.74 Å². The zero-order chi connectivity index (χ0) is 23.4. The molecule has 5 rings (SSSR count). The standard InChI is InChI=1S/C29H37NO3/c1-5-6-18-17-19(33-4)7-8-20(18)27(32)24-11-10-22-21-9-12-25-29(3,16-14-26(31)30-25)23(21)13-15-28(22,24)2/h5,7-8,14,16-17,21-25H,1,6,9-13,15H2,2-4H3,(H,30,31)/t21-,22-,23-,24+,25+,28-,29+/m0/s1. The van der Waals surface area contributed by atoms with E-state index in [0.29, 0.717) is 30.0 Å². The molecule has 3 aliphatic carbocycles. The molecule has 4 heteroatoms. The Kier molecular flexibility index (Phi) is 5.54. The zero-order valence-corrected chi connectivity index (χ0v) is 20.2. The van der Waals surface area contributed by atoms with Crippen LogP contribution in [0.2, 0.25) is 0 Å². The van der Waals surface area contributed by atoms with Crippen LogP contribution in [0.25, 0.3) is 0 Å². The van der Waals surface area contributed by atoms with Gasteiger partial charge in [0.2, 0.25) is 5.91 Å². The summed E-state index contributed by atoms with van der Waals surface area (Å²) in [5, 5.41) is 3.24. The molecule has 1 N–H and O–H groups in total. The molecule has 0 radical (unpaired) electrons. The lowest BCUT2D eigenvalue weighted by molar-refractivity contribution is -0.122. The fourth-order valence-corrected chi connectivity index (χ4v) is 8.21. The van der Waals surface area contributed by atoms with Gasteiger partial charge in [-0.2, -0.15) is 0 Å². The van der Waals surface area contributed by atoms with Gasteiger partial charge in [0.1, 0.15) is 5.75 Å². The Morgan fingerprint density at radius 1 is 1.18 bits per heavy atom. The number of Topliss-reactive ketones (excluding diaryl/α,β-unsaturated/α-hetero) is 1. The largest absolute Gasteiger partial charge is 0.497 e. The third-order valence-corrected chi connectivity index (χ3v) is 9.94. The summed E-state index contributed by atoms with van der Waals surface area (Å²) >= 11 is 0. The molecule has 0 spiro atoms. The number of allylic oxidation sites excluding steroid dienone is 1. The van der Waals surface area contributed by atoms with Gasteiger partial charge in [-0.1, -0.05) is 26.0 Å². The van der Waals surface area contributed by atoms with E-state index in [2.05, 4.69) is 31.8 Å². The first-order valence-electron chi connectivity index (χ1n) is 12.6. The second-order valence-corrected chi connectivity index (χ2v) is 11.3. The van der Waals surface area contributed by atoms with Crippen molar-refractivity contribution in [3.8, 4) is 5.75 Å². The first kappa shape index (κ1) is 22.4. The molecular weight excluding hydrogens is 410 g/mol. The molecule has 1 aromatic carbocycles. The lowest BCUT2D eigenvalue weighted by Gasteiger charge is -2.58. The molecule has 1 aromatic rings. The molecule has 4 nitrogen and oxygen atoms in total. The second-order valence-electron chi connectivity index (χ2n) is 11.3. The predicted molar refractivity (Wildman–Crippen MR) is 130 cm³/mol. The van der Waals surface area contributed by atoms with Crippen molar-refractivity contribution < 1.29 is 14.3 Å². The van der Waals surface area contributed by atoms with Crippen LogP contribution in [0.1, 0.15) is 68.3 Å². The molecule has 0 aromatic heterocycles. The molecule has 0 unspecified atom stereocenters. The third-order valence-electron chi connectivity index (χ3n) is 9.94. The molecule has 1 amide bonds. The number of ketones is 1. The van der Waals surface area contributed by atoms with Gasteiger partial charge in [-0.3, -0.25) is 9.59 Å². The number of benzene rings is 1. The minimum Gasteiger partial charge on any atom is -0.497 e. The summed E-state index contributed by atoms with van der Waals surface area (Å²) in [6.07, 6.45) is 13.0. The number of amides is 1. The molecule has 3 saturated carbocycles. The van der Waals surface area contributed by atoms with Crippen molar-refractivity contribution in [3.05, 3.63) is 54.1 Å². The fraction of sp³-hybridized carbons (Fsp3) is 0.586. The molecule has 3 fully saturated rings. The van der Waals surface area contributed by atoms with Crippen molar-refractivity contribution in [3.63, 3.8) is 0 Å². The summed E-state index contributed by atoms with van der Waals surface area (Å²) < 4.78 is 5.41. The number of rotatable bonds is 5. The number of fused-ring (bicyclic) bond motifs is 5. The van der Waals surface area contributed by atoms with E-state index >= 15 is 0 Å². The SMILES string of the molecule is C=CCc1cc(OC)ccc1C(=O)[C@H]1CC[C@H]2[C@@H]3CC[C@H]4NC(=O)C=C[C@]4(C)[C@H]3CC[C@]12C. The van der Waals surface area contributed by atoms with Crippen LogP contribution < -0.4 is 10.1 Å². The van der Waals surface area contributed by atoms with E-state index in [0.717, 1.165) is 55.4 Å². The van der Waals surface area contributed by atoms with E-state index in [9.17, 15) is 9.59 Å². The van der Waals surface area contributed by atoms with Crippen molar-refractivity contribution in [1.82, 2.24) is 5.32 Å². The molecule has 4 aliphatic rings. The predicted octanol–water partition coefficient (Wildman–Crippen LogP) is 5.52. The number of methoxy groups -OCH3 is 1. The van der Waals surface area contributed by atoms with Crippen LogP contribution >= 0.6 is 0 Å². The average Bonchev–Trinajstić information content (AvgIpc) is 3.16. The van der Waals surface area contributed by atoms with E-state index in [1.54, 1.807) is 13.2 Å². The minimum atomic E-state index is 0.0351. The summed E-state index contributed by atoms with van der Waals surface area (Å²) in [5.74, 6) is 3.02. The molecule has 0 bridgehead atoms. The van der Waals surface area contributed by atoms with Gasteiger partial charge in [0.05, 0.1) is 7.11 Å². The summed E-state index contributed by atoms with van der Waals surface area (Å²) in [5.41, 5.74) is 1.95. The van der Waals surface area contributed by atoms with Crippen LogP contribution in [0, 0.1) is 34.5 Å². The Balaban J connectivity index is 1.43. The quantitative estimate of drug-likeness (QED) is 0.478. The van der Waals surface area contributed by atoms with Crippen molar-refractivity contribution in [1.29, 1.82) is 0 Å². The number of carbonyl (C=O) groups excluding carboxylic acids is 2. The number of ether oxygens (including phenoxy) is 1. The zero-order valence-electron chi connectivity index (χ0n) is 20.2. The number of hydrogen-bond acceptors (Lipinski definition) is 3. The first-order chi connectivity index (χ1) is 15.8. The van der Waals surface area contributed by atoms with Crippen LogP contribution in [0.5, 0.6) is 5.75 Å². The Bertz CT molecular complexity index is 1010. The molecule has 176 valence electrons. The highest BCUT2D eigenvalue weighted by atomic mass is 16.5. The maximum Gasteiger partial charge on any atom is 0.243 e. The lowest BCUT2D eigenvalue weighted by Crippen LogP contribution is -2.59. The Morgan fingerprint density at radius 3 is 2.76 bits per heavy atom. The van der Waals surface area contributed by atoms with Crippen LogP contribution in [0.4, 0.5) is 0 Å². The van der Waals surface area contributed by atoms with E-state index in [1.165, 1.54) is 0 Å². The highest BCUT2D eigenvalue weighted by molar-refractivity contribution is 6.00. The molecular formula is C29H37NO3. The number of carbonyl (C=O) groups is 2. The van der Waals surface area contributed by atoms with Gasteiger partial charge >= 0.3 is 0 Å². The molecule has 0 saturated heterocycles. The van der Waals surface area contributed by atoms with Crippen molar-refractivity contribution in [2.75, 3.05) is 7.11 Å². The van der Waals surface area contributed by atoms with Gasteiger partial charge in [-0.05, 0) is 98.0 Å². The highest BCUT2D eigenvalue weighted by Crippen LogP contribution is 2.65. The molecule has 1 aliphatic heterocycles. The highest BCUT2D eigenvalue weighted by Gasteiger charge is 2.60. The second kappa shape index (κ2) is 8.14. The van der Waals surface area contributed by atoms with E-state index < -0.39 is 0 Å². The monoisotopic (exact) mass is 447 g/mol. The number of hydrogen-bond donors (Lipinski definition) is 1. The van der Waals surface area contributed by atoms with Gasteiger partial charge in [0, 0.05) is 22.9 Å². The van der Waals surface area contributed by atoms with E-state index in [1.807, 2.05) is 24.3 Å². The molecule has 1 heterocycles. The Labute approximate surface area is 197 Å². The molecule has 7 atom stereocenters. The van der Waals surface area contributed by atoms with Crippen LogP contribution in [0.3, 0.4) is 0 Å². The van der Waals surface area contributed by atoms with Gasteiger partial charge in [0.25, 0.3) is 0 Å². The van der Waals surface area contributed by atoms with Crippen LogP contribution in [-0.4, -0.2) is 24.8 Å². The first-order valence-corrected chi connectivity index (χ1v) is 12.6. The third kappa shape index (κ3) is 3.40. The Hall–Kier alpha value is -2.36. The van der Waals surface area contributed by atoms with Gasteiger partial charge < -0.3 is 10.1 Å². The fourth-order valence-electron chi connectivity index (χ4n) is 8.21. The van der Waals surface area contributed by atoms with Crippen molar-refractivity contribution >= 4 is 11.7 Å². The smallest absolute Gasteiger partial charge is 0.243 e. The normalized spacial score (nSPS) is 39.1. The lowest BCUT2D eigenvalue weighted by atomic mass is 9.47. The summed E-state index contributed by atoms with van der Waals surface area (Å²) in [6.45, 7) is 8.64. The minimum absolute atomic E-state index is 0.0351. The van der Waals surface area contributed by atoms with Gasteiger partial charge in [-0.25, -0.2) is 0 Å². The van der Waals surface area contributed by atoms with E-state index in [-0.39, 0.29) is 28.7 Å². The summed E-state index contributed by atoms with van der Waals surface area (Å²) in [6, 6.07) is 6.12. The number of nitrogens with one attached hydrogen (secondary N) is 1. The average molecular weight is 448 g/mol. The van der Waals surface area contributed by atoms with Crippen LogP contribution in [-0.2, 0) is 11.2 Å². The summed E-state index contributed by atoms with van der Waals surface area (Å²) in [4.78, 5) is 25.9. The maximum atomic E-state index is 14.0. The summed E-state index contributed by atoms with van der Waals surface area (Å²) in [7, 11) is 1.66. The molecule has 33 heavy (non-hydrogen) atoms. The topological polar surface area (TPSA) is 55.4 Å². The maximum absolute atomic E-state index is 14.0.